The largest absolute Gasteiger partial charge is 0.347 e. The number of halogens is 1. The van der Waals surface area contributed by atoms with Crippen molar-refractivity contribution < 1.29 is 9.18 Å². The molecule has 0 bridgehead atoms. The lowest BCUT2D eigenvalue weighted by Crippen LogP contribution is -2.32. The van der Waals surface area contributed by atoms with E-state index in [2.05, 4.69) is 4.98 Å². The Balaban J connectivity index is 2.26. The molecule has 0 aliphatic carbocycles. The van der Waals surface area contributed by atoms with Crippen molar-refractivity contribution >= 4 is 16.8 Å². The Morgan fingerprint density at radius 2 is 2.00 bits per heavy atom. The van der Waals surface area contributed by atoms with Gasteiger partial charge in [-0.25, -0.2) is 4.39 Å². The topological polar surface area (TPSA) is 38.1 Å². The van der Waals surface area contributed by atoms with Gasteiger partial charge in [-0.05, 0) is 36.8 Å². The van der Waals surface area contributed by atoms with Crippen molar-refractivity contribution in [1.29, 1.82) is 0 Å². The molecule has 0 radical (unpaired) electrons. The Kier molecular flexibility index (Phi) is 3.86. The molecule has 5 heteroatoms. The predicted molar refractivity (Wildman–Crippen MR) is 87.7 cm³/mol. The fourth-order valence-corrected chi connectivity index (χ4v) is 2.81. The van der Waals surface area contributed by atoms with Gasteiger partial charge < -0.3 is 9.47 Å². The van der Waals surface area contributed by atoms with Gasteiger partial charge in [-0.15, -0.1) is 0 Å². The maximum Gasteiger partial charge on any atom is 0.251 e. The van der Waals surface area contributed by atoms with Crippen LogP contribution >= 0.6 is 0 Å². The number of rotatable bonds is 3. The van der Waals surface area contributed by atoms with Crippen molar-refractivity contribution in [3.05, 3.63) is 65.9 Å². The number of hydrogen-bond donors (Lipinski definition) is 0. The van der Waals surface area contributed by atoms with E-state index in [0.717, 1.165) is 11.1 Å². The summed E-state index contributed by atoms with van der Waals surface area (Å²) >= 11 is 0. The first-order chi connectivity index (χ1) is 11.0. The summed E-state index contributed by atoms with van der Waals surface area (Å²) in [6.45, 7) is 1.91. The number of nitrogens with zero attached hydrogens (tertiary/aromatic N) is 3. The molecule has 0 fully saturated rings. The van der Waals surface area contributed by atoms with Crippen molar-refractivity contribution in [1.82, 2.24) is 14.5 Å². The van der Waals surface area contributed by atoms with E-state index in [1.165, 1.54) is 11.0 Å². The zero-order chi connectivity index (χ0) is 16.6. The first-order valence-corrected chi connectivity index (χ1v) is 7.38. The Bertz CT molecular complexity index is 855. The highest BCUT2D eigenvalue weighted by Gasteiger charge is 2.27. The predicted octanol–water partition coefficient (Wildman–Crippen LogP) is 3.16. The van der Waals surface area contributed by atoms with Crippen LogP contribution < -0.4 is 0 Å². The van der Waals surface area contributed by atoms with Crippen LogP contribution in [-0.4, -0.2) is 34.5 Å². The maximum absolute atomic E-state index is 14.1. The third-order valence-corrected chi connectivity index (χ3v) is 3.95. The van der Waals surface area contributed by atoms with E-state index in [1.807, 2.05) is 19.1 Å². The van der Waals surface area contributed by atoms with Crippen LogP contribution in [0.25, 0.3) is 10.9 Å². The number of aryl methyl sites for hydroxylation is 1. The number of carbonyl (C=O) groups is 1. The molecule has 0 aliphatic rings. The molecule has 0 aliphatic heterocycles. The summed E-state index contributed by atoms with van der Waals surface area (Å²) in [5.74, 6) is -0.397. The van der Waals surface area contributed by atoms with E-state index >= 15 is 0 Å². The highest BCUT2D eigenvalue weighted by molar-refractivity contribution is 5.89. The minimum atomic E-state index is -0.621. The molecule has 0 saturated heterocycles. The van der Waals surface area contributed by atoms with Crippen LogP contribution in [0.3, 0.4) is 0 Å². The average molecular weight is 311 g/mol. The number of aromatic nitrogens is 2. The molecule has 0 N–H and O–H groups in total. The molecule has 2 aromatic heterocycles. The van der Waals surface area contributed by atoms with Gasteiger partial charge in [-0.1, -0.05) is 12.1 Å². The normalized spacial score (nSPS) is 12.3. The molecular formula is C18H18FN3O. The zero-order valence-electron chi connectivity index (χ0n) is 13.3. The molecule has 23 heavy (non-hydrogen) atoms. The lowest BCUT2D eigenvalue weighted by Gasteiger charge is -2.23. The van der Waals surface area contributed by atoms with Crippen LogP contribution in [0, 0.1) is 12.7 Å². The third kappa shape index (κ3) is 2.59. The number of benzene rings is 1. The maximum atomic E-state index is 14.1. The number of likely N-dealkylation sites (N-methyl/N-ethyl adjacent to an activating group) is 1. The molecule has 3 aromatic rings. The van der Waals surface area contributed by atoms with E-state index in [0.29, 0.717) is 11.1 Å². The van der Waals surface area contributed by atoms with E-state index in [1.54, 1.807) is 49.3 Å². The van der Waals surface area contributed by atoms with Gasteiger partial charge >= 0.3 is 0 Å². The molecular weight excluding hydrogens is 293 g/mol. The molecule has 118 valence electrons. The van der Waals surface area contributed by atoms with Crippen molar-refractivity contribution in [2.24, 2.45) is 0 Å². The lowest BCUT2D eigenvalue weighted by molar-refractivity contribution is -0.131. The zero-order valence-corrected chi connectivity index (χ0v) is 13.3. The fourth-order valence-electron chi connectivity index (χ4n) is 2.81. The number of fused-ring (bicyclic) bond motifs is 1. The summed E-state index contributed by atoms with van der Waals surface area (Å²) in [5.41, 5.74) is 2.27. The minimum Gasteiger partial charge on any atom is -0.347 e. The smallest absolute Gasteiger partial charge is 0.251 e. The van der Waals surface area contributed by atoms with Gasteiger partial charge in [0.15, 0.2) is 6.04 Å². The second-order valence-corrected chi connectivity index (χ2v) is 5.74. The van der Waals surface area contributed by atoms with E-state index in [4.69, 9.17) is 0 Å². The summed E-state index contributed by atoms with van der Waals surface area (Å²) in [5, 5.41) is 0.512. The quantitative estimate of drug-likeness (QED) is 0.745. The highest BCUT2D eigenvalue weighted by atomic mass is 19.1. The van der Waals surface area contributed by atoms with Crippen molar-refractivity contribution in [2.75, 3.05) is 14.1 Å². The van der Waals surface area contributed by atoms with Gasteiger partial charge in [0, 0.05) is 31.9 Å². The van der Waals surface area contributed by atoms with Crippen LogP contribution in [0.4, 0.5) is 4.39 Å². The molecule has 1 aromatic carbocycles. The molecule has 1 unspecified atom stereocenters. The van der Waals surface area contributed by atoms with Gasteiger partial charge in [0.2, 0.25) is 0 Å². The molecule has 1 amide bonds. The SMILES string of the molecule is Cc1ccc(F)c2ccn(C(C(=O)N(C)C)c3ccccn3)c12. The lowest BCUT2D eigenvalue weighted by atomic mass is 10.1. The summed E-state index contributed by atoms with van der Waals surface area (Å²) < 4.78 is 15.9. The summed E-state index contributed by atoms with van der Waals surface area (Å²) in [4.78, 5) is 18.6. The first kappa shape index (κ1) is 15.2. The Morgan fingerprint density at radius 3 is 2.65 bits per heavy atom. The van der Waals surface area contributed by atoms with Crippen LogP contribution in [0.2, 0.25) is 0 Å². The van der Waals surface area contributed by atoms with Crippen LogP contribution in [-0.2, 0) is 4.79 Å². The summed E-state index contributed by atoms with van der Waals surface area (Å²) in [6.07, 6.45) is 3.41. The number of amides is 1. The van der Waals surface area contributed by atoms with Gasteiger partial charge in [-0.3, -0.25) is 9.78 Å². The molecule has 1 atom stereocenters. The van der Waals surface area contributed by atoms with Gasteiger partial charge in [0.05, 0.1) is 11.2 Å². The molecule has 2 heterocycles. The van der Waals surface area contributed by atoms with Crippen LogP contribution in [0.1, 0.15) is 17.3 Å². The molecule has 0 saturated carbocycles. The number of carbonyl (C=O) groups excluding carboxylic acids is 1. The molecule has 0 spiro atoms. The molecule has 3 rings (SSSR count). The Hall–Kier alpha value is -2.69. The second-order valence-electron chi connectivity index (χ2n) is 5.74. The van der Waals surface area contributed by atoms with E-state index in [-0.39, 0.29) is 11.7 Å². The van der Waals surface area contributed by atoms with Gasteiger partial charge in [0.25, 0.3) is 5.91 Å². The monoisotopic (exact) mass is 311 g/mol. The number of pyridine rings is 1. The van der Waals surface area contributed by atoms with Gasteiger partial charge in [-0.2, -0.15) is 0 Å². The summed E-state index contributed by atoms with van der Waals surface area (Å²) in [6, 6.07) is 9.72. The second kappa shape index (κ2) is 5.83. The molecule has 4 nitrogen and oxygen atoms in total. The Labute approximate surface area is 134 Å². The first-order valence-electron chi connectivity index (χ1n) is 7.38. The standard InChI is InChI=1S/C18H18FN3O/c1-12-7-8-14(19)13-9-11-22(16(12)13)17(18(23)21(2)3)15-6-4-5-10-20-15/h4-11,17H,1-3H3. The van der Waals surface area contributed by atoms with Crippen molar-refractivity contribution in [3.8, 4) is 0 Å². The number of hydrogen-bond acceptors (Lipinski definition) is 2. The highest BCUT2D eigenvalue weighted by Crippen LogP contribution is 2.29. The third-order valence-electron chi connectivity index (χ3n) is 3.95. The minimum absolute atomic E-state index is 0.107. The summed E-state index contributed by atoms with van der Waals surface area (Å²) in [7, 11) is 3.41. The van der Waals surface area contributed by atoms with E-state index in [9.17, 15) is 9.18 Å². The van der Waals surface area contributed by atoms with E-state index < -0.39 is 6.04 Å². The van der Waals surface area contributed by atoms with Gasteiger partial charge in [0.1, 0.15) is 5.82 Å². The Morgan fingerprint density at radius 1 is 1.22 bits per heavy atom. The van der Waals surface area contributed by atoms with Crippen LogP contribution in [0.15, 0.2) is 48.8 Å². The van der Waals surface area contributed by atoms with Crippen molar-refractivity contribution in [3.63, 3.8) is 0 Å². The average Bonchev–Trinajstić information content (AvgIpc) is 2.98. The van der Waals surface area contributed by atoms with Crippen molar-refractivity contribution in [2.45, 2.75) is 13.0 Å². The van der Waals surface area contributed by atoms with Crippen LogP contribution in [0.5, 0.6) is 0 Å². The fraction of sp³-hybridized carbons (Fsp3) is 0.222.